The van der Waals surface area contributed by atoms with Crippen molar-refractivity contribution in [1.29, 1.82) is 0 Å². The number of hydrogen-bond donors (Lipinski definition) is 1. The van der Waals surface area contributed by atoms with E-state index in [2.05, 4.69) is 20.1 Å². The van der Waals surface area contributed by atoms with Crippen molar-refractivity contribution in [3.63, 3.8) is 0 Å². The summed E-state index contributed by atoms with van der Waals surface area (Å²) in [6, 6.07) is 0.419. The molecule has 1 aromatic heterocycles. The van der Waals surface area contributed by atoms with Crippen LogP contribution in [-0.2, 0) is 4.79 Å². The number of amides is 1. The Kier molecular flexibility index (Phi) is 5.08. The van der Waals surface area contributed by atoms with E-state index in [1.165, 1.54) is 19.3 Å². The lowest BCUT2D eigenvalue weighted by Gasteiger charge is -2.34. The lowest BCUT2D eigenvalue weighted by atomic mass is 9.95. The van der Waals surface area contributed by atoms with E-state index in [0.29, 0.717) is 12.6 Å². The third-order valence-corrected chi connectivity index (χ3v) is 5.23. The minimum absolute atomic E-state index is 0.199. The maximum Gasteiger partial charge on any atom is 0.234 e. The van der Waals surface area contributed by atoms with Crippen molar-refractivity contribution in [3.8, 4) is 0 Å². The van der Waals surface area contributed by atoms with E-state index < -0.39 is 0 Å². The van der Waals surface area contributed by atoms with Gasteiger partial charge in [0, 0.05) is 43.8 Å². The Morgan fingerprint density at radius 1 is 1.24 bits per heavy atom. The van der Waals surface area contributed by atoms with Crippen LogP contribution in [0.3, 0.4) is 0 Å². The topological polar surface area (TPSA) is 48.5 Å². The first-order chi connectivity index (χ1) is 10.3. The molecule has 1 aromatic rings. The zero-order valence-electron chi connectivity index (χ0n) is 12.5. The van der Waals surface area contributed by atoms with Crippen LogP contribution in [0.15, 0.2) is 11.6 Å². The van der Waals surface area contributed by atoms with Gasteiger partial charge in [0.15, 0.2) is 5.13 Å². The van der Waals surface area contributed by atoms with E-state index in [0.717, 1.165) is 44.2 Å². The smallest absolute Gasteiger partial charge is 0.234 e. The summed E-state index contributed by atoms with van der Waals surface area (Å²) in [4.78, 5) is 21.0. The number of carbonyl (C=O) groups is 1. The molecule has 0 unspecified atom stereocenters. The SMILES string of the molecule is O=C(CN1CCN(c2nccs2)CC1)NC1CCCCC1. The number of hydrogen-bond acceptors (Lipinski definition) is 5. The van der Waals surface area contributed by atoms with Gasteiger partial charge >= 0.3 is 0 Å². The molecule has 1 amide bonds. The average molecular weight is 308 g/mol. The molecular weight excluding hydrogens is 284 g/mol. The largest absolute Gasteiger partial charge is 0.352 e. The first-order valence-electron chi connectivity index (χ1n) is 7.97. The fraction of sp³-hybridized carbons (Fsp3) is 0.733. The minimum atomic E-state index is 0.199. The maximum atomic E-state index is 12.1. The summed E-state index contributed by atoms with van der Waals surface area (Å²) < 4.78 is 0. The highest BCUT2D eigenvalue weighted by Gasteiger charge is 2.22. The molecule has 1 saturated heterocycles. The Morgan fingerprint density at radius 3 is 2.67 bits per heavy atom. The molecule has 1 saturated carbocycles. The Labute approximate surface area is 130 Å². The van der Waals surface area contributed by atoms with E-state index in [-0.39, 0.29) is 5.91 Å². The van der Waals surface area contributed by atoms with E-state index in [9.17, 15) is 4.79 Å². The molecule has 0 spiro atoms. The molecule has 1 aliphatic carbocycles. The zero-order valence-corrected chi connectivity index (χ0v) is 13.3. The van der Waals surface area contributed by atoms with Crippen LogP contribution in [0.5, 0.6) is 0 Å². The van der Waals surface area contributed by atoms with Crippen LogP contribution < -0.4 is 10.2 Å². The number of rotatable bonds is 4. The van der Waals surface area contributed by atoms with Gasteiger partial charge in [0.2, 0.25) is 5.91 Å². The lowest BCUT2D eigenvalue weighted by Crippen LogP contribution is -2.50. The highest BCUT2D eigenvalue weighted by Crippen LogP contribution is 2.19. The summed E-state index contributed by atoms with van der Waals surface area (Å²) in [6.07, 6.45) is 8.01. The number of thiazole rings is 1. The number of piperazine rings is 1. The number of nitrogens with zero attached hydrogens (tertiary/aromatic N) is 3. The van der Waals surface area contributed by atoms with Gasteiger partial charge in [-0.1, -0.05) is 19.3 Å². The number of anilines is 1. The second kappa shape index (κ2) is 7.22. The Balaban J connectivity index is 1.39. The second-order valence-electron chi connectivity index (χ2n) is 5.98. The second-order valence-corrected chi connectivity index (χ2v) is 6.85. The quantitative estimate of drug-likeness (QED) is 0.920. The summed E-state index contributed by atoms with van der Waals surface area (Å²) in [7, 11) is 0. The van der Waals surface area contributed by atoms with Crippen molar-refractivity contribution >= 4 is 22.4 Å². The monoisotopic (exact) mass is 308 g/mol. The van der Waals surface area contributed by atoms with E-state index in [4.69, 9.17) is 0 Å². The third-order valence-electron chi connectivity index (χ3n) is 4.40. The standard InChI is InChI=1S/C15H24N4OS/c20-14(17-13-4-2-1-3-5-13)12-18-7-9-19(10-8-18)15-16-6-11-21-15/h6,11,13H,1-5,7-10,12H2,(H,17,20). The van der Waals surface area contributed by atoms with Gasteiger partial charge in [-0.3, -0.25) is 9.69 Å². The van der Waals surface area contributed by atoms with Crippen molar-refractivity contribution < 1.29 is 4.79 Å². The number of nitrogens with one attached hydrogen (secondary N) is 1. The summed E-state index contributed by atoms with van der Waals surface area (Å²) in [5, 5.41) is 6.31. The van der Waals surface area contributed by atoms with Crippen LogP contribution in [-0.4, -0.2) is 54.6 Å². The molecule has 2 fully saturated rings. The van der Waals surface area contributed by atoms with Gasteiger partial charge in [-0.15, -0.1) is 11.3 Å². The maximum absolute atomic E-state index is 12.1. The van der Waals surface area contributed by atoms with Gasteiger partial charge in [0.1, 0.15) is 0 Å². The van der Waals surface area contributed by atoms with Gasteiger partial charge in [0.25, 0.3) is 0 Å². The summed E-state index contributed by atoms with van der Waals surface area (Å²) in [6.45, 7) is 4.35. The van der Waals surface area contributed by atoms with E-state index >= 15 is 0 Å². The zero-order chi connectivity index (χ0) is 14.5. The summed E-state index contributed by atoms with van der Waals surface area (Å²) in [5.41, 5.74) is 0. The van der Waals surface area contributed by atoms with Gasteiger partial charge < -0.3 is 10.2 Å². The van der Waals surface area contributed by atoms with Crippen LogP contribution in [0.25, 0.3) is 0 Å². The van der Waals surface area contributed by atoms with E-state index in [1.807, 2.05) is 11.6 Å². The van der Waals surface area contributed by atoms with Crippen molar-refractivity contribution in [2.75, 3.05) is 37.6 Å². The van der Waals surface area contributed by atoms with Gasteiger partial charge in [-0.05, 0) is 12.8 Å². The van der Waals surface area contributed by atoms with Crippen LogP contribution >= 0.6 is 11.3 Å². The van der Waals surface area contributed by atoms with Gasteiger partial charge in [0.05, 0.1) is 6.54 Å². The molecule has 2 heterocycles. The molecule has 6 heteroatoms. The van der Waals surface area contributed by atoms with Crippen LogP contribution in [0, 0.1) is 0 Å². The average Bonchev–Trinajstić information content (AvgIpc) is 3.03. The molecule has 0 radical (unpaired) electrons. The summed E-state index contributed by atoms with van der Waals surface area (Å²) >= 11 is 1.68. The third kappa shape index (κ3) is 4.17. The van der Waals surface area contributed by atoms with Gasteiger partial charge in [-0.2, -0.15) is 0 Å². The molecule has 1 N–H and O–H groups in total. The highest BCUT2D eigenvalue weighted by molar-refractivity contribution is 7.13. The number of carbonyl (C=O) groups excluding carboxylic acids is 1. The van der Waals surface area contributed by atoms with E-state index in [1.54, 1.807) is 11.3 Å². The van der Waals surface area contributed by atoms with Gasteiger partial charge in [-0.25, -0.2) is 4.98 Å². The minimum Gasteiger partial charge on any atom is -0.352 e. The Hall–Kier alpha value is -1.14. The molecule has 21 heavy (non-hydrogen) atoms. The summed E-state index contributed by atoms with van der Waals surface area (Å²) in [5.74, 6) is 0.199. The van der Waals surface area contributed by atoms with Crippen LogP contribution in [0.2, 0.25) is 0 Å². The van der Waals surface area contributed by atoms with Crippen molar-refractivity contribution in [3.05, 3.63) is 11.6 Å². The molecule has 116 valence electrons. The van der Waals surface area contributed by atoms with Crippen molar-refractivity contribution in [2.45, 2.75) is 38.1 Å². The Bertz CT molecular complexity index is 437. The predicted octanol–water partition coefficient (Wildman–Crippen LogP) is 1.71. The molecule has 0 bridgehead atoms. The molecule has 3 rings (SSSR count). The molecular formula is C15H24N4OS. The normalized spacial score (nSPS) is 21.4. The van der Waals surface area contributed by atoms with Crippen LogP contribution in [0.1, 0.15) is 32.1 Å². The Morgan fingerprint density at radius 2 is 2.00 bits per heavy atom. The molecule has 5 nitrogen and oxygen atoms in total. The fourth-order valence-electron chi connectivity index (χ4n) is 3.19. The lowest BCUT2D eigenvalue weighted by molar-refractivity contribution is -0.123. The number of aromatic nitrogens is 1. The highest BCUT2D eigenvalue weighted by atomic mass is 32.1. The first-order valence-corrected chi connectivity index (χ1v) is 8.85. The van der Waals surface area contributed by atoms with Crippen molar-refractivity contribution in [1.82, 2.24) is 15.2 Å². The molecule has 2 aliphatic rings. The molecule has 0 aromatic carbocycles. The first kappa shape index (κ1) is 14.8. The molecule has 1 aliphatic heterocycles. The molecule has 0 atom stereocenters. The fourth-order valence-corrected chi connectivity index (χ4v) is 3.89. The predicted molar refractivity (Wildman–Crippen MR) is 85.8 cm³/mol. The van der Waals surface area contributed by atoms with Crippen molar-refractivity contribution in [2.24, 2.45) is 0 Å². The van der Waals surface area contributed by atoms with Crippen LogP contribution in [0.4, 0.5) is 5.13 Å².